The van der Waals surface area contributed by atoms with Gasteiger partial charge >= 0.3 is 5.97 Å². The zero-order valence-electron chi connectivity index (χ0n) is 7.38. The van der Waals surface area contributed by atoms with Gasteiger partial charge in [-0.15, -0.1) is 0 Å². The fourth-order valence-corrected chi connectivity index (χ4v) is 1.41. The molecular weight excluding hydrogens is 154 g/mol. The minimum Gasteiger partial charge on any atom is -0.459 e. The topological polar surface area (TPSA) is 38.3 Å². The van der Waals surface area contributed by atoms with Gasteiger partial charge in [-0.05, 0) is 26.3 Å². The summed E-state index contributed by atoms with van der Waals surface area (Å²) in [5.41, 5.74) is 0. The number of nitrogens with one attached hydrogen (secondary N) is 1. The summed E-state index contributed by atoms with van der Waals surface area (Å²) in [5, 5.41) is 3.29. The first-order valence-corrected chi connectivity index (χ1v) is 4.29. The molecule has 0 spiro atoms. The third-order valence-corrected chi connectivity index (χ3v) is 2.03. The monoisotopic (exact) mass is 169 g/mol. The molecule has 0 amide bonds. The van der Waals surface area contributed by atoms with Crippen LogP contribution in [0.5, 0.6) is 0 Å². The molecule has 0 bridgehead atoms. The standard InChI is InChI=1S/C9H15NO2/c1-3-9(11)12-8-4-5-10-7(2)6-8/h3,7-8,10H,1,4-6H2,2H3. The summed E-state index contributed by atoms with van der Waals surface area (Å²) in [6.07, 6.45) is 3.10. The average molecular weight is 169 g/mol. The minimum atomic E-state index is -0.311. The van der Waals surface area contributed by atoms with Crippen molar-refractivity contribution in [1.82, 2.24) is 5.32 Å². The Bertz CT molecular complexity index is 179. The molecule has 68 valence electrons. The Morgan fingerprint density at radius 1 is 1.75 bits per heavy atom. The third kappa shape index (κ3) is 2.66. The van der Waals surface area contributed by atoms with Crippen LogP contribution in [0, 0.1) is 0 Å². The highest BCUT2D eigenvalue weighted by molar-refractivity contribution is 5.81. The second kappa shape index (κ2) is 4.26. The Labute approximate surface area is 72.8 Å². The van der Waals surface area contributed by atoms with E-state index in [1.807, 2.05) is 0 Å². The van der Waals surface area contributed by atoms with Crippen LogP contribution in [-0.2, 0) is 9.53 Å². The fourth-order valence-electron chi connectivity index (χ4n) is 1.41. The van der Waals surface area contributed by atoms with Crippen LogP contribution in [0.4, 0.5) is 0 Å². The van der Waals surface area contributed by atoms with Gasteiger partial charge in [-0.3, -0.25) is 0 Å². The van der Waals surface area contributed by atoms with Crippen molar-refractivity contribution in [1.29, 1.82) is 0 Å². The maximum absolute atomic E-state index is 10.8. The van der Waals surface area contributed by atoms with E-state index in [0.717, 1.165) is 19.4 Å². The van der Waals surface area contributed by atoms with Gasteiger partial charge in [-0.2, -0.15) is 0 Å². The largest absolute Gasteiger partial charge is 0.459 e. The highest BCUT2D eigenvalue weighted by Crippen LogP contribution is 2.12. The van der Waals surface area contributed by atoms with E-state index in [1.54, 1.807) is 0 Å². The predicted octanol–water partition coefficient (Wildman–Crippen LogP) is 0.856. The highest BCUT2D eigenvalue weighted by atomic mass is 16.5. The number of piperidine rings is 1. The summed E-state index contributed by atoms with van der Waals surface area (Å²) in [6, 6.07) is 0.446. The second-order valence-electron chi connectivity index (χ2n) is 3.14. The lowest BCUT2D eigenvalue weighted by atomic mass is 10.0. The van der Waals surface area contributed by atoms with Crippen molar-refractivity contribution in [3.05, 3.63) is 12.7 Å². The molecule has 0 aliphatic carbocycles. The van der Waals surface area contributed by atoms with Crippen molar-refractivity contribution in [3.8, 4) is 0 Å². The number of carbonyl (C=O) groups is 1. The lowest BCUT2D eigenvalue weighted by Crippen LogP contribution is -2.39. The molecule has 1 fully saturated rings. The van der Waals surface area contributed by atoms with Gasteiger partial charge in [0.1, 0.15) is 6.10 Å². The van der Waals surface area contributed by atoms with Gasteiger partial charge in [0.05, 0.1) is 0 Å². The van der Waals surface area contributed by atoms with Crippen molar-refractivity contribution in [2.24, 2.45) is 0 Å². The molecule has 0 aromatic carbocycles. The molecule has 0 radical (unpaired) electrons. The van der Waals surface area contributed by atoms with Crippen LogP contribution in [0.3, 0.4) is 0 Å². The second-order valence-corrected chi connectivity index (χ2v) is 3.14. The van der Waals surface area contributed by atoms with Crippen molar-refractivity contribution in [2.75, 3.05) is 6.54 Å². The van der Waals surface area contributed by atoms with Crippen molar-refractivity contribution in [3.63, 3.8) is 0 Å². The fraction of sp³-hybridized carbons (Fsp3) is 0.667. The molecule has 2 atom stereocenters. The molecule has 0 saturated carbocycles. The van der Waals surface area contributed by atoms with Gasteiger partial charge < -0.3 is 10.1 Å². The van der Waals surface area contributed by atoms with E-state index < -0.39 is 0 Å². The number of hydrogen-bond acceptors (Lipinski definition) is 3. The number of hydrogen-bond donors (Lipinski definition) is 1. The zero-order chi connectivity index (χ0) is 8.97. The number of esters is 1. The summed E-state index contributed by atoms with van der Waals surface area (Å²) >= 11 is 0. The molecule has 1 aliphatic rings. The Morgan fingerprint density at radius 3 is 3.08 bits per heavy atom. The smallest absolute Gasteiger partial charge is 0.330 e. The highest BCUT2D eigenvalue weighted by Gasteiger charge is 2.20. The van der Waals surface area contributed by atoms with E-state index in [-0.39, 0.29) is 12.1 Å². The van der Waals surface area contributed by atoms with E-state index >= 15 is 0 Å². The summed E-state index contributed by atoms with van der Waals surface area (Å²) in [7, 11) is 0. The van der Waals surface area contributed by atoms with Crippen LogP contribution in [0.15, 0.2) is 12.7 Å². The molecule has 0 aromatic rings. The summed E-state index contributed by atoms with van der Waals surface area (Å²) in [4.78, 5) is 10.8. The quantitative estimate of drug-likeness (QED) is 0.492. The lowest BCUT2D eigenvalue weighted by Gasteiger charge is -2.27. The first-order valence-electron chi connectivity index (χ1n) is 4.29. The maximum Gasteiger partial charge on any atom is 0.330 e. The van der Waals surface area contributed by atoms with Crippen LogP contribution in [0.25, 0.3) is 0 Å². The zero-order valence-corrected chi connectivity index (χ0v) is 7.38. The molecule has 0 aromatic heterocycles. The number of carbonyl (C=O) groups excluding carboxylic acids is 1. The Hall–Kier alpha value is -0.830. The van der Waals surface area contributed by atoms with E-state index in [0.29, 0.717) is 6.04 Å². The maximum atomic E-state index is 10.8. The van der Waals surface area contributed by atoms with Gasteiger partial charge in [-0.1, -0.05) is 6.58 Å². The van der Waals surface area contributed by atoms with Crippen LogP contribution >= 0.6 is 0 Å². The van der Waals surface area contributed by atoms with Gasteiger partial charge in [0.15, 0.2) is 0 Å². The van der Waals surface area contributed by atoms with Gasteiger partial charge in [0, 0.05) is 12.1 Å². The summed E-state index contributed by atoms with van der Waals surface area (Å²) in [5.74, 6) is -0.311. The van der Waals surface area contributed by atoms with Crippen LogP contribution in [0.1, 0.15) is 19.8 Å². The SMILES string of the molecule is C=CC(=O)OC1CCNC(C)C1. The van der Waals surface area contributed by atoms with Gasteiger partial charge in [0.25, 0.3) is 0 Å². The normalized spacial score (nSPS) is 29.4. The lowest BCUT2D eigenvalue weighted by molar-refractivity contribution is -0.144. The van der Waals surface area contributed by atoms with Crippen LogP contribution < -0.4 is 5.32 Å². The molecule has 1 rings (SSSR count). The molecule has 2 unspecified atom stereocenters. The van der Waals surface area contributed by atoms with E-state index in [9.17, 15) is 4.79 Å². The minimum absolute atomic E-state index is 0.0757. The summed E-state index contributed by atoms with van der Waals surface area (Å²) < 4.78 is 5.11. The number of rotatable bonds is 2. The Kier molecular flexibility index (Phi) is 3.29. The molecular formula is C9H15NO2. The predicted molar refractivity (Wildman–Crippen MR) is 46.8 cm³/mol. The molecule has 1 N–H and O–H groups in total. The first-order chi connectivity index (χ1) is 5.72. The molecule has 3 nitrogen and oxygen atoms in total. The molecule has 1 heterocycles. The third-order valence-electron chi connectivity index (χ3n) is 2.03. The van der Waals surface area contributed by atoms with Gasteiger partial charge in [0.2, 0.25) is 0 Å². The molecule has 3 heteroatoms. The molecule has 1 aliphatic heterocycles. The van der Waals surface area contributed by atoms with E-state index in [1.165, 1.54) is 6.08 Å². The molecule has 1 saturated heterocycles. The number of ether oxygens (including phenoxy) is 1. The Balaban J connectivity index is 2.31. The Morgan fingerprint density at radius 2 is 2.50 bits per heavy atom. The van der Waals surface area contributed by atoms with Gasteiger partial charge in [-0.25, -0.2) is 4.79 Å². The van der Waals surface area contributed by atoms with Crippen molar-refractivity contribution < 1.29 is 9.53 Å². The van der Waals surface area contributed by atoms with Crippen LogP contribution in [0.2, 0.25) is 0 Å². The van der Waals surface area contributed by atoms with E-state index in [4.69, 9.17) is 4.74 Å². The average Bonchev–Trinajstić information content (AvgIpc) is 2.04. The van der Waals surface area contributed by atoms with Crippen molar-refractivity contribution >= 4 is 5.97 Å². The van der Waals surface area contributed by atoms with Crippen molar-refractivity contribution in [2.45, 2.75) is 31.9 Å². The van der Waals surface area contributed by atoms with Crippen LogP contribution in [-0.4, -0.2) is 24.7 Å². The molecule has 12 heavy (non-hydrogen) atoms. The summed E-state index contributed by atoms with van der Waals surface area (Å²) in [6.45, 7) is 6.37. The first kappa shape index (κ1) is 9.26. The van der Waals surface area contributed by atoms with E-state index in [2.05, 4.69) is 18.8 Å².